The van der Waals surface area contributed by atoms with E-state index in [2.05, 4.69) is 49.9 Å². The van der Waals surface area contributed by atoms with Crippen molar-refractivity contribution in [2.75, 3.05) is 26.2 Å². The molecule has 1 aliphatic carbocycles. The normalized spacial score (nSPS) is 25.7. The van der Waals surface area contributed by atoms with Crippen LogP contribution in [0.1, 0.15) is 84.1 Å². The second-order valence-electron chi connectivity index (χ2n) is 10.2. The molecule has 1 unspecified atom stereocenters. The first kappa shape index (κ1) is 23.1. The fourth-order valence-corrected chi connectivity index (χ4v) is 5.09. The number of rotatable bonds is 7. The number of hydrogen-bond acceptors (Lipinski definition) is 4. The zero-order chi connectivity index (χ0) is 21.6. The van der Waals surface area contributed by atoms with Gasteiger partial charge in [0.1, 0.15) is 5.75 Å². The van der Waals surface area contributed by atoms with Crippen molar-refractivity contribution >= 4 is 5.97 Å². The first-order valence-corrected chi connectivity index (χ1v) is 12.0. The van der Waals surface area contributed by atoms with Crippen molar-refractivity contribution in [2.24, 2.45) is 11.3 Å². The van der Waals surface area contributed by atoms with Gasteiger partial charge in [0.25, 0.3) is 0 Å². The van der Waals surface area contributed by atoms with Gasteiger partial charge in [-0.2, -0.15) is 0 Å². The highest BCUT2D eigenvalue weighted by atomic mass is 16.5. The van der Waals surface area contributed by atoms with Crippen molar-refractivity contribution in [3.8, 4) is 5.75 Å². The van der Waals surface area contributed by atoms with Gasteiger partial charge in [-0.1, -0.05) is 32.9 Å². The molecule has 1 aromatic rings. The number of piperidine rings is 1. The van der Waals surface area contributed by atoms with E-state index in [1.54, 1.807) is 0 Å². The van der Waals surface area contributed by atoms with Crippen LogP contribution in [0.4, 0.5) is 0 Å². The van der Waals surface area contributed by atoms with Crippen LogP contribution in [0.2, 0.25) is 0 Å². The Balaban J connectivity index is 1.52. The van der Waals surface area contributed by atoms with E-state index in [0.717, 1.165) is 44.1 Å². The highest BCUT2D eigenvalue weighted by Gasteiger charge is 2.30. The molecule has 30 heavy (non-hydrogen) atoms. The summed E-state index contributed by atoms with van der Waals surface area (Å²) in [5.41, 5.74) is 1.78. The molecular weight excluding hydrogens is 374 g/mol. The molecule has 4 nitrogen and oxygen atoms in total. The predicted octanol–water partition coefficient (Wildman–Crippen LogP) is 5.80. The first-order chi connectivity index (χ1) is 14.3. The molecule has 1 heterocycles. The third kappa shape index (κ3) is 6.73. The fourth-order valence-electron chi connectivity index (χ4n) is 5.09. The Morgan fingerprint density at radius 3 is 2.60 bits per heavy atom. The standard InChI is InChI=1S/C26H41NO3/c1-5-29-25(28)15-17-27-16-7-9-21(19-27)20-8-6-10-24(18-20)30-23-13-11-22(12-14-23)26(2,3)4/h6,8,10,18,21-23H,5,7,9,11-17,19H2,1-4H3/t21?,22-,23-. The summed E-state index contributed by atoms with van der Waals surface area (Å²) in [6.45, 7) is 12.3. The molecule has 1 aromatic carbocycles. The molecule has 168 valence electrons. The van der Waals surface area contributed by atoms with Gasteiger partial charge in [0.2, 0.25) is 0 Å². The van der Waals surface area contributed by atoms with E-state index in [-0.39, 0.29) is 5.97 Å². The number of benzene rings is 1. The van der Waals surface area contributed by atoms with Gasteiger partial charge in [0, 0.05) is 13.1 Å². The maximum Gasteiger partial charge on any atom is 0.307 e. The van der Waals surface area contributed by atoms with E-state index >= 15 is 0 Å². The number of hydrogen-bond donors (Lipinski definition) is 0. The van der Waals surface area contributed by atoms with Crippen LogP contribution in [0.15, 0.2) is 24.3 Å². The van der Waals surface area contributed by atoms with Crippen LogP contribution in [-0.4, -0.2) is 43.2 Å². The molecule has 0 spiro atoms. The van der Waals surface area contributed by atoms with E-state index in [1.165, 1.54) is 31.2 Å². The number of esters is 1. The average Bonchev–Trinajstić information content (AvgIpc) is 2.73. The minimum atomic E-state index is -0.0868. The Bertz CT molecular complexity index is 673. The number of carbonyl (C=O) groups excluding carboxylic acids is 1. The molecule has 2 aliphatic rings. The molecule has 1 atom stereocenters. The molecule has 1 saturated carbocycles. The largest absolute Gasteiger partial charge is 0.490 e. The second-order valence-corrected chi connectivity index (χ2v) is 10.2. The zero-order valence-electron chi connectivity index (χ0n) is 19.5. The number of carbonyl (C=O) groups is 1. The van der Waals surface area contributed by atoms with E-state index in [0.29, 0.717) is 30.5 Å². The van der Waals surface area contributed by atoms with Gasteiger partial charge in [-0.25, -0.2) is 0 Å². The summed E-state index contributed by atoms with van der Waals surface area (Å²) in [6, 6.07) is 8.75. The Kier molecular flexibility index (Phi) is 8.21. The van der Waals surface area contributed by atoms with E-state index in [4.69, 9.17) is 9.47 Å². The SMILES string of the molecule is CCOC(=O)CCN1CCCC(c2cccc(O[C@H]3CC[C@H](C(C)(C)C)CC3)c2)C1. The summed E-state index contributed by atoms with van der Waals surface area (Å²) >= 11 is 0. The molecule has 1 saturated heterocycles. The summed E-state index contributed by atoms with van der Waals surface area (Å²) in [5.74, 6) is 2.26. The highest BCUT2D eigenvalue weighted by molar-refractivity contribution is 5.69. The van der Waals surface area contributed by atoms with Crippen LogP contribution >= 0.6 is 0 Å². The minimum absolute atomic E-state index is 0.0868. The van der Waals surface area contributed by atoms with Crippen molar-refractivity contribution in [2.45, 2.75) is 84.7 Å². The number of ether oxygens (including phenoxy) is 2. The lowest BCUT2D eigenvalue weighted by molar-refractivity contribution is -0.143. The molecule has 3 rings (SSSR count). The van der Waals surface area contributed by atoms with E-state index in [9.17, 15) is 4.79 Å². The van der Waals surface area contributed by atoms with Gasteiger partial charge >= 0.3 is 5.97 Å². The van der Waals surface area contributed by atoms with Crippen LogP contribution in [0, 0.1) is 11.3 Å². The lowest BCUT2D eigenvalue weighted by atomic mass is 9.72. The zero-order valence-corrected chi connectivity index (χ0v) is 19.5. The Morgan fingerprint density at radius 2 is 1.90 bits per heavy atom. The van der Waals surface area contributed by atoms with Gasteiger partial charge in [-0.05, 0) is 86.9 Å². The fraction of sp³-hybridized carbons (Fsp3) is 0.731. The summed E-state index contributed by atoms with van der Waals surface area (Å²) in [6.07, 6.45) is 8.09. The maximum absolute atomic E-state index is 11.7. The summed E-state index contributed by atoms with van der Waals surface area (Å²) < 4.78 is 11.5. The minimum Gasteiger partial charge on any atom is -0.490 e. The van der Waals surface area contributed by atoms with Crippen molar-refractivity contribution < 1.29 is 14.3 Å². The third-order valence-corrected chi connectivity index (χ3v) is 6.97. The van der Waals surface area contributed by atoms with Gasteiger partial charge in [-0.3, -0.25) is 4.79 Å². The molecule has 1 aliphatic heterocycles. The van der Waals surface area contributed by atoms with E-state index in [1.807, 2.05) is 6.92 Å². The molecule has 2 fully saturated rings. The van der Waals surface area contributed by atoms with Crippen molar-refractivity contribution in [1.29, 1.82) is 0 Å². The molecule has 0 bridgehead atoms. The van der Waals surface area contributed by atoms with E-state index < -0.39 is 0 Å². The van der Waals surface area contributed by atoms with Gasteiger partial charge in [-0.15, -0.1) is 0 Å². The lowest BCUT2D eigenvalue weighted by Crippen LogP contribution is -2.36. The summed E-state index contributed by atoms with van der Waals surface area (Å²) in [4.78, 5) is 14.1. The summed E-state index contributed by atoms with van der Waals surface area (Å²) in [7, 11) is 0. The second kappa shape index (κ2) is 10.7. The molecule has 0 N–H and O–H groups in total. The van der Waals surface area contributed by atoms with Crippen molar-refractivity contribution in [1.82, 2.24) is 4.90 Å². The van der Waals surface area contributed by atoms with Crippen LogP contribution in [0.5, 0.6) is 5.75 Å². The molecular formula is C26H41NO3. The van der Waals surface area contributed by atoms with Crippen LogP contribution < -0.4 is 4.74 Å². The van der Waals surface area contributed by atoms with Gasteiger partial charge in [0.15, 0.2) is 0 Å². The predicted molar refractivity (Wildman–Crippen MR) is 122 cm³/mol. The molecule has 0 radical (unpaired) electrons. The molecule has 0 amide bonds. The third-order valence-electron chi connectivity index (χ3n) is 6.97. The number of nitrogens with zero attached hydrogens (tertiary/aromatic N) is 1. The Morgan fingerprint density at radius 1 is 1.13 bits per heavy atom. The first-order valence-electron chi connectivity index (χ1n) is 12.0. The highest BCUT2D eigenvalue weighted by Crippen LogP contribution is 2.39. The Hall–Kier alpha value is -1.55. The lowest BCUT2D eigenvalue weighted by Gasteiger charge is -2.37. The maximum atomic E-state index is 11.7. The van der Waals surface area contributed by atoms with Crippen LogP contribution in [0.3, 0.4) is 0 Å². The molecule has 0 aromatic heterocycles. The summed E-state index contributed by atoms with van der Waals surface area (Å²) in [5, 5.41) is 0. The van der Waals surface area contributed by atoms with Crippen molar-refractivity contribution in [3.63, 3.8) is 0 Å². The number of likely N-dealkylation sites (tertiary alicyclic amines) is 1. The quantitative estimate of drug-likeness (QED) is 0.527. The van der Waals surface area contributed by atoms with Crippen molar-refractivity contribution in [3.05, 3.63) is 29.8 Å². The van der Waals surface area contributed by atoms with Crippen LogP contribution in [-0.2, 0) is 9.53 Å². The topological polar surface area (TPSA) is 38.8 Å². The van der Waals surface area contributed by atoms with Gasteiger partial charge < -0.3 is 14.4 Å². The Labute approximate surface area is 183 Å². The van der Waals surface area contributed by atoms with Gasteiger partial charge in [0.05, 0.1) is 19.1 Å². The smallest absolute Gasteiger partial charge is 0.307 e. The molecule has 4 heteroatoms. The van der Waals surface area contributed by atoms with Crippen LogP contribution in [0.25, 0.3) is 0 Å². The average molecular weight is 416 g/mol. The monoisotopic (exact) mass is 415 g/mol.